The van der Waals surface area contributed by atoms with Crippen LogP contribution in [0.2, 0.25) is 0 Å². The number of fused-ring (bicyclic) bond motifs is 1. The van der Waals surface area contributed by atoms with Crippen molar-refractivity contribution in [3.05, 3.63) is 106 Å². The van der Waals surface area contributed by atoms with Crippen LogP contribution in [0.4, 0.5) is 32.0 Å². The largest absolute Gasteiger partial charge is 0.507 e. The number of carbonyl (C=O) groups excluding carboxylic acids is 2. The lowest BCUT2D eigenvalue weighted by molar-refractivity contribution is -0.143. The third kappa shape index (κ3) is 7.30. The maximum Gasteiger partial charge on any atom is 0.416 e. The van der Waals surface area contributed by atoms with E-state index >= 15 is 0 Å². The summed E-state index contributed by atoms with van der Waals surface area (Å²) >= 11 is 0. The number of halogens is 6. The summed E-state index contributed by atoms with van der Waals surface area (Å²) in [6.07, 6.45) is -9.52. The third-order valence-corrected chi connectivity index (χ3v) is 9.30. The van der Waals surface area contributed by atoms with Crippen LogP contribution in [0.5, 0.6) is 5.75 Å². The van der Waals surface area contributed by atoms with Crippen LogP contribution < -0.4 is 4.90 Å². The molecular weight excluding hydrogens is 652 g/mol. The summed E-state index contributed by atoms with van der Waals surface area (Å²) in [5, 5.41) is 32.7. The van der Waals surface area contributed by atoms with E-state index in [1.807, 2.05) is 30.3 Å². The summed E-state index contributed by atoms with van der Waals surface area (Å²) in [5.74, 6) is -5.85. The number of carbonyl (C=O) groups is 2. The van der Waals surface area contributed by atoms with E-state index in [1.54, 1.807) is 44.2 Å². The number of hydrogen-bond donors (Lipinski definition) is 3. The molecule has 0 spiro atoms. The number of para-hydroxylation sites is 1. The first-order valence-corrected chi connectivity index (χ1v) is 15.8. The Bertz CT molecular complexity index is 1750. The van der Waals surface area contributed by atoms with Gasteiger partial charge in [0.15, 0.2) is 0 Å². The topological polar surface area (TPSA) is 98.1 Å². The van der Waals surface area contributed by atoms with Gasteiger partial charge in [-0.25, -0.2) is 4.90 Å². The molecule has 0 unspecified atom stereocenters. The Morgan fingerprint density at radius 2 is 1.49 bits per heavy atom. The maximum atomic E-state index is 13.9. The lowest BCUT2D eigenvalue weighted by Gasteiger charge is -2.38. The van der Waals surface area contributed by atoms with Gasteiger partial charge in [-0.15, -0.1) is 0 Å². The van der Waals surface area contributed by atoms with Crippen molar-refractivity contribution in [3.8, 4) is 5.75 Å². The molecule has 2 aliphatic rings. The highest BCUT2D eigenvalue weighted by atomic mass is 19.4. The average molecular weight is 688 g/mol. The van der Waals surface area contributed by atoms with E-state index in [0.717, 1.165) is 11.1 Å². The zero-order chi connectivity index (χ0) is 35.8. The number of phenols is 1. The summed E-state index contributed by atoms with van der Waals surface area (Å²) in [4.78, 5) is 27.9. The minimum atomic E-state index is -5.20. The van der Waals surface area contributed by atoms with Gasteiger partial charge < -0.3 is 15.3 Å². The molecule has 1 heterocycles. The van der Waals surface area contributed by atoms with Crippen molar-refractivity contribution >= 4 is 29.2 Å². The van der Waals surface area contributed by atoms with Crippen LogP contribution in [0.3, 0.4) is 0 Å². The molecule has 260 valence electrons. The van der Waals surface area contributed by atoms with Crippen LogP contribution in [-0.4, -0.2) is 39.8 Å². The van der Waals surface area contributed by atoms with Crippen molar-refractivity contribution in [2.24, 2.45) is 23.7 Å². The van der Waals surface area contributed by atoms with Crippen molar-refractivity contribution in [3.63, 3.8) is 0 Å². The Balaban J connectivity index is 1.50. The lowest BCUT2D eigenvalue weighted by Crippen LogP contribution is -2.40. The SMILES string of the molecule is CC(C)C1=C([C@H](O)CC/C(=C/c2ccccc2O)c2ccccc2)[C@H](CO)[C@@H]2C(=O)N(c3cc(C(F)(F)F)cc(C(F)(F)F)c3)C(=O)[C@@H]2C1. The first kappa shape index (κ1) is 35.9. The van der Waals surface area contributed by atoms with Gasteiger partial charge in [-0.05, 0) is 72.2 Å². The van der Waals surface area contributed by atoms with E-state index in [9.17, 15) is 51.3 Å². The van der Waals surface area contributed by atoms with Crippen LogP contribution in [0.1, 0.15) is 55.4 Å². The van der Waals surface area contributed by atoms with Crippen molar-refractivity contribution in [2.45, 2.75) is 51.6 Å². The Labute approximate surface area is 279 Å². The molecule has 0 aromatic heterocycles. The van der Waals surface area contributed by atoms with E-state index in [1.165, 1.54) is 0 Å². The summed E-state index contributed by atoms with van der Waals surface area (Å²) in [6, 6.07) is 16.6. The van der Waals surface area contributed by atoms with Gasteiger partial charge in [0, 0.05) is 11.5 Å². The smallest absolute Gasteiger partial charge is 0.416 e. The van der Waals surface area contributed by atoms with E-state index in [4.69, 9.17) is 0 Å². The van der Waals surface area contributed by atoms with Gasteiger partial charge in [0.1, 0.15) is 5.75 Å². The van der Waals surface area contributed by atoms with Crippen molar-refractivity contribution in [1.29, 1.82) is 0 Å². The number of aliphatic hydroxyl groups is 2. The van der Waals surface area contributed by atoms with Gasteiger partial charge in [0.05, 0.1) is 41.4 Å². The molecule has 3 aromatic carbocycles. The minimum Gasteiger partial charge on any atom is -0.507 e. The molecule has 0 saturated carbocycles. The number of anilines is 1. The van der Waals surface area contributed by atoms with Crippen molar-refractivity contribution < 1.29 is 51.3 Å². The number of phenolic OH excluding ortho intramolecular Hbond substituents is 1. The molecule has 3 N–H and O–H groups in total. The zero-order valence-electron chi connectivity index (χ0n) is 26.6. The van der Waals surface area contributed by atoms with Crippen LogP contribution in [-0.2, 0) is 21.9 Å². The number of alkyl halides is 6. The van der Waals surface area contributed by atoms with E-state index in [2.05, 4.69) is 0 Å². The van der Waals surface area contributed by atoms with Crippen molar-refractivity contribution in [1.82, 2.24) is 0 Å². The predicted octanol–water partition coefficient (Wildman–Crippen LogP) is 7.88. The second kappa shape index (κ2) is 13.8. The molecule has 4 atom stereocenters. The Hall–Kier alpha value is -4.42. The van der Waals surface area contributed by atoms with Crippen LogP contribution >= 0.6 is 0 Å². The second-order valence-corrected chi connectivity index (χ2v) is 12.7. The molecule has 3 aromatic rings. The van der Waals surface area contributed by atoms with Crippen LogP contribution in [0.25, 0.3) is 11.6 Å². The molecule has 1 fully saturated rings. The van der Waals surface area contributed by atoms with E-state index < -0.39 is 71.4 Å². The number of aromatic hydroxyl groups is 1. The van der Waals surface area contributed by atoms with Gasteiger partial charge in [0.2, 0.25) is 11.8 Å². The summed E-state index contributed by atoms with van der Waals surface area (Å²) < 4.78 is 81.9. The van der Waals surface area contributed by atoms with Gasteiger partial charge in [-0.1, -0.05) is 68.0 Å². The Kier molecular flexibility index (Phi) is 10.1. The standard InChI is InChI=1S/C37H35F6NO5/c1-20(2)27-18-28-33(35(49)44(34(28)48)26-16-24(36(38,39)40)15-25(17-26)37(41,42)43)29(19-45)32(27)31(47)13-12-22(21-8-4-3-5-9-21)14-23-10-6-7-11-30(23)46/h3-11,14-17,20,28-29,31,33,45-47H,12-13,18-19H2,1-2H3/b22-14-/t28-,29+,31-,33-/m1/s1. The molecular formula is C37H35F6NO5. The highest BCUT2D eigenvalue weighted by Crippen LogP contribution is 2.50. The maximum absolute atomic E-state index is 13.9. The molecule has 1 aliphatic carbocycles. The fourth-order valence-electron chi connectivity index (χ4n) is 6.96. The fraction of sp³-hybridized carbons (Fsp3) is 0.351. The first-order valence-electron chi connectivity index (χ1n) is 15.8. The summed E-state index contributed by atoms with van der Waals surface area (Å²) in [6.45, 7) is 2.89. The fourth-order valence-corrected chi connectivity index (χ4v) is 6.96. The number of imide groups is 1. The quantitative estimate of drug-likeness (QED) is 0.0921. The monoisotopic (exact) mass is 687 g/mol. The number of allylic oxidation sites excluding steroid dienone is 2. The number of hydrogen-bond acceptors (Lipinski definition) is 5. The molecule has 6 nitrogen and oxygen atoms in total. The molecule has 2 amide bonds. The Morgan fingerprint density at radius 1 is 0.898 bits per heavy atom. The van der Waals surface area contributed by atoms with E-state index in [0.29, 0.717) is 33.7 Å². The van der Waals surface area contributed by atoms with Crippen LogP contribution in [0.15, 0.2) is 83.9 Å². The van der Waals surface area contributed by atoms with Gasteiger partial charge in [-0.2, -0.15) is 26.3 Å². The molecule has 5 rings (SSSR count). The first-order chi connectivity index (χ1) is 23.0. The summed E-state index contributed by atoms with van der Waals surface area (Å²) in [7, 11) is 0. The molecule has 0 bridgehead atoms. The number of nitrogens with zero attached hydrogens (tertiary/aromatic N) is 1. The molecule has 12 heteroatoms. The van der Waals surface area contributed by atoms with Gasteiger partial charge >= 0.3 is 12.4 Å². The van der Waals surface area contributed by atoms with Gasteiger partial charge in [-0.3, -0.25) is 9.59 Å². The second-order valence-electron chi connectivity index (χ2n) is 12.7. The van der Waals surface area contributed by atoms with Crippen LogP contribution in [0, 0.1) is 23.7 Å². The average Bonchev–Trinajstić information content (AvgIpc) is 3.30. The highest BCUT2D eigenvalue weighted by molar-refractivity contribution is 6.22. The molecule has 1 aliphatic heterocycles. The van der Waals surface area contributed by atoms with E-state index in [-0.39, 0.29) is 37.0 Å². The third-order valence-electron chi connectivity index (χ3n) is 9.30. The van der Waals surface area contributed by atoms with Gasteiger partial charge in [0.25, 0.3) is 0 Å². The number of aliphatic hydroxyl groups excluding tert-OH is 2. The minimum absolute atomic E-state index is 0.0528. The zero-order valence-corrected chi connectivity index (χ0v) is 26.6. The molecule has 49 heavy (non-hydrogen) atoms. The normalized spacial score (nSPS) is 21.1. The highest BCUT2D eigenvalue weighted by Gasteiger charge is 2.56. The molecule has 0 radical (unpaired) electrons. The number of amides is 2. The number of rotatable bonds is 9. The Morgan fingerprint density at radius 3 is 2.04 bits per heavy atom. The number of benzene rings is 3. The predicted molar refractivity (Wildman–Crippen MR) is 171 cm³/mol. The summed E-state index contributed by atoms with van der Waals surface area (Å²) in [5.41, 5.74) is -1.15. The molecule has 1 saturated heterocycles. The lowest BCUT2D eigenvalue weighted by atomic mass is 9.66. The van der Waals surface area contributed by atoms with Crippen molar-refractivity contribution in [2.75, 3.05) is 11.5 Å².